The van der Waals surface area contributed by atoms with Crippen LogP contribution in [0.2, 0.25) is 0 Å². The van der Waals surface area contributed by atoms with Gasteiger partial charge >= 0.3 is 5.97 Å². The molecular formula is C11H12N2O4. The molecule has 1 aromatic rings. The smallest absolute Gasteiger partial charge is 0.316 e. The molecule has 1 aliphatic rings. The third-order valence-corrected chi connectivity index (χ3v) is 2.93. The first-order valence-corrected chi connectivity index (χ1v) is 5.38. The Balaban J connectivity index is 2.40. The summed E-state index contributed by atoms with van der Waals surface area (Å²) in [5.74, 6) is -0.380. The number of pyridine rings is 1. The summed E-state index contributed by atoms with van der Waals surface area (Å²) in [5, 5.41) is 10.9. The molecule has 17 heavy (non-hydrogen) atoms. The Hall–Kier alpha value is -1.98. The van der Waals surface area contributed by atoms with Gasteiger partial charge in [0.1, 0.15) is 6.20 Å². The van der Waals surface area contributed by atoms with Gasteiger partial charge in [0.25, 0.3) is 5.69 Å². The molecule has 0 bridgehead atoms. The first-order chi connectivity index (χ1) is 8.12. The summed E-state index contributed by atoms with van der Waals surface area (Å²) in [4.78, 5) is 25.9. The molecule has 0 atom stereocenters. The highest BCUT2D eigenvalue weighted by atomic mass is 16.6. The second kappa shape index (κ2) is 4.12. The fraction of sp³-hybridized carbons (Fsp3) is 0.455. The average molecular weight is 236 g/mol. The summed E-state index contributed by atoms with van der Waals surface area (Å²) in [6.45, 7) is 1.99. The summed E-state index contributed by atoms with van der Waals surface area (Å²) in [6, 6.07) is 1.53. The zero-order chi connectivity index (χ0) is 12.5. The number of rotatable bonds is 4. The molecule has 6 nitrogen and oxygen atoms in total. The lowest BCUT2D eigenvalue weighted by Gasteiger charge is -2.13. The Bertz CT molecular complexity index is 468. The Morgan fingerprint density at radius 1 is 1.65 bits per heavy atom. The van der Waals surface area contributed by atoms with E-state index in [1.165, 1.54) is 18.5 Å². The van der Waals surface area contributed by atoms with Crippen molar-refractivity contribution in [2.75, 3.05) is 6.61 Å². The summed E-state index contributed by atoms with van der Waals surface area (Å²) in [5.41, 5.74) is -0.518. The molecule has 1 fully saturated rings. The van der Waals surface area contributed by atoms with Crippen molar-refractivity contribution in [1.29, 1.82) is 0 Å². The van der Waals surface area contributed by atoms with Crippen LogP contribution in [0.3, 0.4) is 0 Å². The number of ether oxygens (including phenoxy) is 1. The SMILES string of the molecule is CCOC(=O)C1(c2ccncc2[N+](=O)[O-])CC1. The maximum absolute atomic E-state index is 11.8. The summed E-state index contributed by atoms with van der Waals surface area (Å²) < 4.78 is 4.98. The van der Waals surface area contributed by atoms with Crippen molar-refractivity contribution in [2.45, 2.75) is 25.2 Å². The van der Waals surface area contributed by atoms with Crippen molar-refractivity contribution in [3.8, 4) is 0 Å². The zero-order valence-corrected chi connectivity index (χ0v) is 9.38. The van der Waals surface area contributed by atoms with Crippen molar-refractivity contribution in [3.63, 3.8) is 0 Å². The minimum absolute atomic E-state index is 0.113. The largest absolute Gasteiger partial charge is 0.465 e. The van der Waals surface area contributed by atoms with Gasteiger partial charge in [0.2, 0.25) is 0 Å². The van der Waals surface area contributed by atoms with Gasteiger partial charge in [0.05, 0.1) is 22.5 Å². The maximum atomic E-state index is 11.8. The first kappa shape index (κ1) is 11.5. The van der Waals surface area contributed by atoms with Crippen LogP contribution in [0, 0.1) is 10.1 Å². The molecule has 1 aliphatic carbocycles. The van der Waals surface area contributed by atoms with Gasteiger partial charge in [-0.25, -0.2) is 0 Å². The molecule has 0 saturated heterocycles. The fourth-order valence-electron chi connectivity index (χ4n) is 1.91. The number of nitrogens with zero attached hydrogens (tertiary/aromatic N) is 2. The molecule has 6 heteroatoms. The van der Waals surface area contributed by atoms with E-state index in [9.17, 15) is 14.9 Å². The Labute approximate surface area is 97.8 Å². The van der Waals surface area contributed by atoms with Crippen molar-refractivity contribution in [3.05, 3.63) is 34.1 Å². The van der Waals surface area contributed by atoms with E-state index in [4.69, 9.17) is 4.74 Å². The van der Waals surface area contributed by atoms with Crippen LogP contribution in [0.15, 0.2) is 18.5 Å². The van der Waals surface area contributed by atoms with Gasteiger partial charge in [-0.1, -0.05) is 0 Å². The summed E-state index contributed by atoms with van der Waals surface area (Å²) in [7, 11) is 0. The van der Waals surface area contributed by atoms with Crippen LogP contribution in [0.1, 0.15) is 25.3 Å². The topological polar surface area (TPSA) is 82.3 Å². The molecule has 90 valence electrons. The van der Waals surface area contributed by atoms with E-state index in [0.717, 1.165) is 0 Å². The molecule has 1 saturated carbocycles. The van der Waals surface area contributed by atoms with E-state index in [2.05, 4.69) is 4.98 Å². The van der Waals surface area contributed by atoms with Crippen LogP contribution in [0.5, 0.6) is 0 Å². The molecule has 0 N–H and O–H groups in total. The van der Waals surface area contributed by atoms with Crippen LogP contribution in [-0.2, 0) is 14.9 Å². The summed E-state index contributed by atoms with van der Waals surface area (Å²) in [6.07, 6.45) is 3.82. The minimum Gasteiger partial charge on any atom is -0.465 e. The second-order valence-corrected chi connectivity index (χ2v) is 3.95. The van der Waals surface area contributed by atoms with E-state index in [1.807, 2.05) is 0 Å². The van der Waals surface area contributed by atoms with Gasteiger partial charge < -0.3 is 4.74 Å². The lowest BCUT2D eigenvalue weighted by Crippen LogP contribution is -2.24. The number of carbonyl (C=O) groups excluding carboxylic acids is 1. The summed E-state index contributed by atoms with van der Waals surface area (Å²) >= 11 is 0. The van der Waals surface area contributed by atoms with E-state index >= 15 is 0 Å². The number of aromatic nitrogens is 1. The van der Waals surface area contributed by atoms with E-state index < -0.39 is 10.3 Å². The Morgan fingerprint density at radius 3 is 2.88 bits per heavy atom. The Kier molecular flexibility index (Phi) is 2.79. The third kappa shape index (κ3) is 1.86. The Morgan fingerprint density at radius 2 is 2.35 bits per heavy atom. The van der Waals surface area contributed by atoms with E-state index in [0.29, 0.717) is 18.4 Å². The van der Waals surface area contributed by atoms with Gasteiger partial charge in [-0.15, -0.1) is 0 Å². The van der Waals surface area contributed by atoms with Crippen LogP contribution >= 0.6 is 0 Å². The van der Waals surface area contributed by atoms with Crippen LogP contribution in [-0.4, -0.2) is 22.5 Å². The highest BCUT2D eigenvalue weighted by molar-refractivity contribution is 5.88. The standard InChI is InChI=1S/C11H12N2O4/c1-2-17-10(14)11(4-5-11)8-3-6-12-7-9(8)13(15)16/h3,6-7H,2,4-5H2,1H3. The number of esters is 1. The highest BCUT2D eigenvalue weighted by Gasteiger charge is 2.55. The molecule has 0 spiro atoms. The molecule has 0 radical (unpaired) electrons. The monoisotopic (exact) mass is 236 g/mol. The van der Waals surface area contributed by atoms with E-state index in [-0.39, 0.29) is 18.3 Å². The van der Waals surface area contributed by atoms with Gasteiger partial charge in [0, 0.05) is 6.20 Å². The molecule has 1 heterocycles. The molecule has 2 rings (SSSR count). The van der Waals surface area contributed by atoms with Crippen molar-refractivity contribution in [1.82, 2.24) is 4.98 Å². The fourth-order valence-corrected chi connectivity index (χ4v) is 1.91. The average Bonchev–Trinajstić information content (AvgIpc) is 3.10. The molecular weight excluding hydrogens is 224 g/mol. The maximum Gasteiger partial charge on any atom is 0.316 e. The van der Waals surface area contributed by atoms with Crippen LogP contribution in [0.25, 0.3) is 0 Å². The number of hydrogen-bond donors (Lipinski definition) is 0. The van der Waals surface area contributed by atoms with Gasteiger partial charge in [-0.05, 0) is 25.8 Å². The van der Waals surface area contributed by atoms with Crippen molar-refractivity contribution in [2.24, 2.45) is 0 Å². The predicted octanol–water partition coefficient (Wildman–Crippen LogP) is 1.58. The lowest BCUT2D eigenvalue weighted by atomic mass is 9.96. The molecule has 0 aliphatic heterocycles. The number of nitro groups is 1. The minimum atomic E-state index is -0.818. The van der Waals surface area contributed by atoms with Gasteiger partial charge in [0.15, 0.2) is 0 Å². The first-order valence-electron chi connectivity index (χ1n) is 5.38. The van der Waals surface area contributed by atoms with E-state index in [1.54, 1.807) is 6.92 Å². The quantitative estimate of drug-likeness (QED) is 0.450. The highest BCUT2D eigenvalue weighted by Crippen LogP contribution is 2.51. The lowest BCUT2D eigenvalue weighted by molar-refractivity contribution is -0.386. The predicted molar refractivity (Wildman–Crippen MR) is 58.4 cm³/mol. The second-order valence-electron chi connectivity index (χ2n) is 3.95. The molecule has 0 amide bonds. The zero-order valence-electron chi connectivity index (χ0n) is 9.38. The van der Waals surface area contributed by atoms with Crippen LogP contribution < -0.4 is 0 Å². The molecule has 0 unspecified atom stereocenters. The number of carbonyl (C=O) groups is 1. The number of hydrogen-bond acceptors (Lipinski definition) is 5. The van der Waals surface area contributed by atoms with Crippen molar-refractivity contribution < 1.29 is 14.5 Å². The van der Waals surface area contributed by atoms with Gasteiger partial charge in [-0.2, -0.15) is 0 Å². The molecule has 1 aromatic heterocycles. The third-order valence-electron chi connectivity index (χ3n) is 2.93. The van der Waals surface area contributed by atoms with Gasteiger partial charge in [-0.3, -0.25) is 19.9 Å². The molecule has 0 aromatic carbocycles. The van der Waals surface area contributed by atoms with Crippen LogP contribution in [0.4, 0.5) is 5.69 Å². The van der Waals surface area contributed by atoms with Crippen molar-refractivity contribution >= 4 is 11.7 Å². The normalized spacial score (nSPS) is 16.3.